The monoisotopic (exact) mass is 348 g/mol. The minimum absolute atomic E-state index is 0.566. The Morgan fingerprint density at radius 3 is 2.43 bits per heavy atom. The molecular weight excluding hydrogens is 320 g/mol. The molecule has 116 valence electrons. The molecule has 0 aliphatic heterocycles. The lowest BCUT2D eigenvalue weighted by Gasteiger charge is -2.41. The lowest BCUT2D eigenvalue weighted by Crippen LogP contribution is -2.29. The summed E-state index contributed by atoms with van der Waals surface area (Å²) in [4.78, 5) is 0.566. The molecule has 0 amide bonds. The number of rotatable bonds is 4. The van der Waals surface area contributed by atoms with E-state index in [1.165, 1.54) is 68.9 Å². The molecular formula is C20H29Br. The van der Waals surface area contributed by atoms with Gasteiger partial charge in [0.2, 0.25) is 0 Å². The number of hydrogen-bond acceptors (Lipinski definition) is 0. The third-order valence-corrected chi connectivity index (χ3v) is 7.11. The van der Waals surface area contributed by atoms with Crippen LogP contribution in [0.3, 0.4) is 0 Å². The molecule has 2 aliphatic carbocycles. The van der Waals surface area contributed by atoms with Gasteiger partial charge in [-0.15, -0.1) is 0 Å². The summed E-state index contributed by atoms with van der Waals surface area (Å²) in [5.74, 6) is 2.93. The summed E-state index contributed by atoms with van der Waals surface area (Å²) < 4.78 is 0. The fourth-order valence-corrected chi connectivity index (χ4v) is 5.39. The predicted octanol–water partition coefficient (Wildman–Crippen LogP) is 6.68. The third-order valence-electron chi connectivity index (χ3n) is 5.83. The second-order valence-corrected chi connectivity index (χ2v) is 8.26. The van der Waals surface area contributed by atoms with Crippen LogP contribution in [0.15, 0.2) is 24.3 Å². The molecule has 0 nitrogen and oxygen atoms in total. The van der Waals surface area contributed by atoms with E-state index in [1.807, 2.05) is 0 Å². The second-order valence-electron chi connectivity index (χ2n) is 7.27. The van der Waals surface area contributed by atoms with Gasteiger partial charge in [0.05, 0.1) is 0 Å². The summed E-state index contributed by atoms with van der Waals surface area (Å²) in [6, 6.07) is 9.38. The minimum atomic E-state index is 0.566. The molecule has 0 spiro atoms. The van der Waals surface area contributed by atoms with Crippen LogP contribution in [0.5, 0.6) is 0 Å². The topological polar surface area (TPSA) is 0 Å². The summed E-state index contributed by atoms with van der Waals surface area (Å²) in [5.41, 5.74) is 2.98. The predicted molar refractivity (Wildman–Crippen MR) is 94.9 cm³/mol. The van der Waals surface area contributed by atoms with Gasteiger partial charge in [0.15, 0.2) is 0 Å². The van der Waals surface area contributed by atoms with Crippen molar-refractivity contribution >= 4 is 15.9 Å². The molecule has 1 aromatic carbocycles. The van der Waals surface area contributed by atoms with Gasteiger partial charge in [-0.2, -0.15) is 0 Å². The van der Waals surface area contributed by atoms with Crippen LogP contribution in [-0.2, 0) is 6.42 Å². The van der Waals surface area contributed by atoms with Crippen molar-refractivity contribution in [1.29, 1.82) is 0 Å². The van der Waals surface area contributed by atoms with Crippen LogP contribution < -0.4 is 0 Å². The van der Waals surface area contributed by atoms with E-state index in [0.29, 0.717) is 4.83 Å². The summed E-state index contributed by atoms with van der Waals surface area (Å²) >= 11 is 4.03. The standard InChI is InChI=1S/C20H29Br/c1-2-5-15-8-10-17(11-9-15)20(21)19-13-12-16-6-3-4-7-18(16)14-19/h8-11,16,18-20H,2-7,12-14H2,1H3. The van der Waals surface area contributed by atoms with Crippen LogP contribution >= 0.6 is 15.9 Å². The zero-order valence-corrected chi connectivity index (χ0v) is 14.9. The van der Waals surface area contributed by atoms with Crippen molar-refractivity contribution in [3.05, 3.63) is 35.4 Å². The van der Waals surface area contributed by atoms with E-state index in [4.69, 9.17) is 0 Å². The first-order chi connectivity index (χ1) is 10.3. The van der Waals surface area contributed by atoms with Crippen LogP contribution in [0.1, 0.15) is 74.2 Å². The number of halogens is 1. The molecule has 1 aromatic rings. The first kappa shape index (κ1) is 15.6. The Morgan fingerprint density at radius 2 is 1.71 bits per heavy atom. The van der Waals surface area contributed by atoms with Crippen LogP contribution in [0.4, 0.5) is 0 Å². The van der Waals surface area contributed by atoms with Gasteiger partial charge in [0.1, 0.15) is 0 Å². The zero-order valence-electron chi connectivity index (χ0n) is 13.4. The minimum Gasteiger partial charge on any atom is -0.0836 e. The smallest absolute Gasteiger partial charge is 0.0423 e. The molecule has 2 aliphatic rings. The highest BCUT2D eigenvalue weighted by molar-refractivity contribution is 9.09. The van der Waals surface area contributed by atoms with Gasteiger partial charge >= 0.3 is 0 Å². The molecule has 0 saturated heterocycles. The van der Waals surface area contributed by atoms with Gasteiger partial charge in [-0.05, 0) is 54.6 Å². The summed E-state index contributed by atoms with van der Waals surface area (Å²) in [6.07, 6.45) is 12.8. The third kappa shape index (κ3) is 3.73. The van der Waals surface area contributed by atoms with Crippen molar-refractivity contribution in [3.8, 4) is 0 Å². The highest BCUT2D eigenvalue weighted by Gasteiger charge is 2.34. The number of aryl methyl sites for hydroxylation is 1. The van der Waals surface area contributed by atoms with Crippen molar-refractivity contribution in [1.82, 2.24) is 0 Å². The maximum atomic E-state index is 4.03. The largest absolute Gasteiger partial charge is 0.0836 e. The Labute approximate surface area is 138 Å². The van der Waals surface area contributed by atoms with Crippen LogP contribution in [0, 0.1) is 17.8 Å². The average molecular weight is 349 g/mol. The molecule has 3 rings (SSSR count). The van der Waals surface area contributed by atoms with Crippen molar-refractivity contribution in [3.63, 3.8) is 0 Å². The summed E-state index contributed by atoms with van der Waals surface area (Å²) in [7, 11) is 0. The Balaban J connectivity index is 1.63. The van der Waals surface area contributed by atoms with Crippen molar-refractivity contribution in [2.24, 2.45) is 17.8 Å². The number of fused-ring (bicyclic) bond motifs is 1. The van der Waals surface area contributed by atoms with Crippen molar-refractivity contribution in [2.45, 2.75) is 69.5 Å². The molecule has 1 heteroatoms. The Bertz CT molecular complexity index is 436. The van der Waals surface area contributed by atoms with Gasteiger partial charge < -0.3 is 0 Å². The number of benzene rings is 1. The van der Waals surface area contributed by atoms with Crippen molar-refractivity contribution in [2.75, 3.05) is 0 Å². The molecule has 2 fully saturated rings. The maximum absolute atomic E-state index is 4.03. The highest BCUT2D eigenvalue weighted by atomic mass is 79.9. The van der Waals surface area contributed by atoms with E-state index >= 15 is 0 Å². The molecule has 0 radical (unpaired) electrons. The van der Waals surface area contributed by atoms with Crippen molar-refractivity contribution < 1.29 is 0 Å². The fraction of sp³-hybridized carbons (Fsp3) is 0.700. The molecule has 0 bridgehead atoms. The molecule has 21 heavy (non-hydrogen) atoms. The van der Waals surface area contributed by atoms with E-state index < -0.39 is 0 Å². The van der Waals surface area contributed by atoms with E-state index in [1.54, 1.807) is 0 Å². The van der Waals surface area contributed by atoms with Gasteiger partial charge in [0, 0.05) is 4.83 Å². The Morgan fingerprint density at radius 1 is 1.00 bits per heavy atom. The summed E-state index contributed by atoms with van der Waals surface area (Å²) in [6.45, 7) is 2.25. The quantitative estimate of drug-likeness (QED) is 0.532. The summed E-state index contributed by atoms with van der Waals surface area (Å²) in [5, 5.41) is 0. The van der Waals surface area contributed by atoms with Crippen LogP contribution in [-0.4, -0.2) is 0 Å². The van der Waals surface area contributed by atoms with E-state index in [0.717, 1.165) is 17.8 Å². The molecule has 0 aromatic heterocycles. The Hall–Kier alpha value is -0.300. The average Bonchev–Trinajstić information content (AvgIpc) is 2.55. The lowest BCUT2D eigenvalue weighted by atomic mass is 9.66. The molecule has 0 N–H and O–H groups in total. The maximum Gasteiger partial charge on any atom is 0.0423 e. The van der Waals surface area contributed by atoms with E-state index in [2.05, 4.69) is 47.1 Å². The van der Waals surface area contributed by atoms with Gasteiger partial charge in [0.25, 0.3) is 0 Å². The Kier molecular flexibility index (Phi) is 5.43. The zero-order chi connectivity index (χ0) is 14.7. The molecule has 4 unspecified atom stereocenters. The van der Waals surface area contributed by atoms with Crippen LogP contribution in [0.2, 0.25) is 0 Å². The highest BCUT2D eigenvalue weighted by Crippen LogP contribution is 2.48. The molecule has 0 heterocycles. The first-order valence-electron chi connectivity index (χ1n) is 9.01. The number of hydrogen-bond donors (Lipinski definition) is 0. The normalized spacial score (nSPS) is 30.7. The van der Waals surface area contributed by atoms with E-state index in [9.17, 15) is 0 Å². The first-order valence-corrected chi connectivity index (χ1v) is 9.92. The van der Waals surface area contributed by atoms with Gasteiger partial charge in [-0.3, -0.25) is 0 Å². The molecule has 2 saturated carbocycles. The SMILES string of the molecule is CCCc1ccc(C(Br)C2CCC3CCCCC3C2)cc1. The van der Waals surface area contributed by atoms with Gasteiger partial charge in [-0.25, -0.2) is 0 Å². The van der Waals surface area contributed by atoms with Crippen LogP contribution in [0.25, 0.3) is 0 Å². The fourth-order valence-electron chi connectivity index (χ4n) is 4.60. The van der Waals surface area contributed by atoms with E-state index in [-0.39, 0.29) is 0 Å². The van der Waals surface area contributed by atoms with Gasteiger partial charge in [-0.1, -0.05) is 79.2 Å². The lowest BCUT2D eigenvalue weighted by molar-refractivity contribution is 0.129. The molecule has 4 atom stereocenters. The second kappa shape index (κ2) is 7.31. The number of alkyl halides is 1.